The van der Waals surface area contributed by atoms with Crippen molar-refractivity contribution in [1.82, 2.24) is 29.9 Å². The van der Waals surface area contributed by atoms with Crippen molar-refractivity contribution in [2.75, 3.05) is 30.6 Å². The second kappa shape index (κ2) is 34.4. The number of nitrogens with zero attached hydrogens (tertiary/aromatic N) is 6. The molecule has 36 heteroatoms. The molecule has 16 nitrogen and oxygen atoms in total. The number of pyridine rings is 3. The molecule has 0 fully saturated rings. The molecular weight excluding hydrogens is 1510 g/mol. The van der Waals surface area contributed by atoms with Gasteiger partial charge in [0.1, 0.15) is 34.1 Å². The fourth-order valence-corrected chi connectivity index (χ4v) is 12.8. The smallest absolute Gasteiger partial charge is 0.870 e. The van der Waals surface area contributed by atoms with Gasteiger partial charge in [0.2, 0.25) is 0 Å². The summed E-state index contributed by atoms with van der Waals surface area (Å²) in [6, 6.07) is 17.3. The number of hydrogen-bond acceptors (Lipinski definition) is 18. The Bertz CT molecular complexity index is 4220. The number of ether oxygens (including phenoxy) is 2. The zero-order chi connectivity index (χ0) is 69.4. The number of carbonyl (C=O) groups excluding carboxylic acids is 2. The average molecular weight is 1560 g/mol. The first-order chi connectivity index (χ1) is 43.3. The Morgan fingerprint density at radius 1 is 0.516 bits per heavy atom. The molecule has 0 aliphatic carbocycles. The van der Waals surface area contributed by atoms with Crippen LogP contribution in [0.25, 0.3) is 33.8 Å². The van der Waals surface area contributed by atoms with E-state index in [1.807, 2.05) is 39.8 Å². The number of benzene rings is 3. The Kier molecular flexibility index (Phi) is 29.5. The summed E-state index contributed by atoms with van der Waals surface area (Å²) in [5.41, 5.74) is 4.95. The monoisotopic (exact) mass is 1560 g/mol. The van der Waals surface area contributed by atoms with Crippen LogP contribution >= 0.6 is 120 Å². The zero-order valence-electron chi connectivity index (χ0n) is 50.4. The van der Waals surface area contributed by atoms with Gasteiger partial charge in [-0.25, -0.2) is 44.3 Å². The molecule has 0 bridgehead atoms. The molecule has 0 radical (unpaired) electrons. The first-order valence-electron chi connectivity index (χ1n) is 26.3. The van der Waals surface area contributed by atoms with Crippen molar-refractivity contribution in [2.24, 2.45) is 0 Å². The van der Waals surface area contributed by atoms with Gasteiger partial charge in [-0.3, -0.25) is 0 Å². The summed E-state index contributed by atoms with van der Waals surface area (Å²) in [7, 11) is 2.12. The molecule has 0 saturated heterocycles. The quantitative estimate of drug-likeness (QED) is 0.0476. The predicted octanol–water partition coefficient (Wildman–Crippen LogP) is 18.6. The van der Waals surface area contributed by atoms with Gasteiger partial charge in [-0.15, -0.1) is 34.0 Å². The second-order valence-electron chi connectivity index (χ2n) is 19.9. The van der Waals surface area contributed by atoms with Crippen LogP contribution in [0.1, 0.15) is 122 Å². The molecule has 0 atom stereocenters. The first kappa shape index (κ1) is 81.4. The number of thiazole rings is 3. The number of carboxylic acid groups (broad SMARTS) is 1. The SMILES string of the molecule is CC(C)c1sc(Br)nc1-c1ccc(Cl)cc1Cl.CC(C)c1sc(Nc2ncc(C(F)(F)F)cc2C(=O)O)nc1-c1ccc(Cl)cc1Cl.COC(=O)c1cc(C(F)(F)F)cnc1N.COC(=O)c1cc(C(F)(F)F)cnc1Nc1nc(-c2ccc(Cl)cc2Cl)c(C(C)C)s1.[Li+].[OH-]. The van der Waals surface area contributed by atoms with Gasteiger partial charge in [-0.05, 0) is 106 Å². The van der Waals surface area contributed by atoms with Gasteiger partial charge in [0.25, 0.3) is 0 Å². The number of aromatic nitrogens is 6. The fraction of sp³-hybridized carbons (Fsp3) is 0.237. The number of methoxy groups -OCH3 is 2. The first-order valence-corrected chi connectivity index (χ1v) is 31.8. The Hall–Kier alpha value is -6.04. The van der Waals surface area contributed by atoms with Crippen molar-refractivity contribution >= 4 is 165 Å². The number of rotatable bonds is 13. The number of nitrogen functional groups attached to an aromatic ring is 1. The molecule has 9 rings (SSSR count). The molecule has 9 aromatic rings. The molecule has 0 unspecified atom stereocenters. The van der Waals surface area contributed by atoms with Gasteiger partial charge in [-0.2, -0.15) is 39.5 Å². The van der Waals surface area contributed by atoms with E-state index in [1.165, 1.54) is 27.6 Å². The van der Waals surface area contributed by atoms with E-state index in [2.05, 4.69) is 79.8 Å². The summed E-state index contributed by atoms with van der Waals surface area (Å²) in [6.07, 6.45) is -12.2. The van der Waals surface area contributed by atoms with Crippen molar-refractivity contribution in [2.45, 2.75) is 77.8 Å². The van der Waals surface area contributed by atoms with Crippen molar-refractivity contribution in [3.8, 4) is 33.8 Å². The number of nitrogens with two attached hydrogens (primary N) is 1. The fourth-order valence-electron chi connectivity index (χ4n) is 7.85. The summed E-state index contributed by atoms with van der Waals surface area (Å²) >= 11 is 44.3. The van der Waals surface area contributed by atoms with Crippen LogP contribution in [-0.4, -0.2) is 72.6 Å². The van der Waals surface area contributed by atoms with E-state index < -0.39 is 64.3 Å². The summed E-state index contributed by atoms with van der Waals surface area (Å²) < 4.78 is 124. The molecule has 3 aromatic carbocycles. The van der Waals surface area contributed by atoms with Crippen LogP contribution < -0.4 is 35.2 Å². The average Bonchev–Trinajstić information content (AvgIpc) is 1.58. The van der Waals surface area contributed by atoms with Crippen molar-refractivity contribution < 1.29 is 92.8 Å². The van der Waals surface area contributed by atoms with Gasteiger partial charge in [0.15, 0.2) is 14.2 Å². The summed E-state index contributed by atoms with van der Waals surface area (Å²) in [5.74, 6) is -3.54. The van der Waals surface area contributed by atoms with Crippen LogP contribution in [0, 0.1) is 0 Å². The molecule has 6 aromatic heterocycles. The summed E-state index contributed by atoms with van der Waals surface area (Å²) in [4.78, 5) is 61.8. The van der Waals surface area contributed by atoms with Gasteiger partial charge in [-0.1, -0.05) is 111 Å². The van der Waals surface area contributed by atoms with Crippen LogP contribution in [0.2, 0.25) is 30.1 Å². The van der Waals surface area contributed by atoms with Gasteiger partial charge in [0.05, 0.1) is 63.1 Å². The van der Waals surface area contributed by atoms with E-state index in [-0.39, 0.29) is 64.3 Å². The number of carbonyl (C=O) groups is 3. The van der Waals surface area contributed by atoms with Crippen molar-refractivity contribution in [3.63, 3.8) is 0 Å². The molecule has 6 N–H and O–H groups in total. The third kappa shape index (κ3) is 21.5. The predicted molar refractivity (Wildman–Crippen MR) is 353 cm³/mol. The number of carboxylic acids is 1. The number of alkyl halides is 9. The molecule has 0 aliphatic heterocycles. The van der Waals surface area contributed by atoms with Crippen LogP contribution in [0.4, 0.5) is 67.2 Å². The Morgan fingerprint density at radius 3 is 1.17 bits per heavy atom. The standard InChI is InChI=1S/C20H16Cl2F3N3O2S.C19H14Cl2F3N3O2S.C12H10BrCl2NS.C8H7F3N2O2.Li.H2O/c1-9(2)16-15(12-5-4-11(21)7-14(12)22)27-19(31-16)28-17-13(18(29)30-3)6-10(8-26-17)20(23,24)25;1-8(2)15-14(11-4-3-10(20)6-13(11)21)26-18(30-15)27-16-12(17(28)29)5-9(7-25-16)19(22,23)24;1-6(2)11-10(16-12(13)17-11)8-4-3-7(14)5-9(8)15;1-15-7(14)5-2-4(8(9,10)11)3-13-6(5)12;;/h4-9H,1-3H3,(H,26,27,28);3-8H,1-2H3,(H,28,29)(H,25,26,27);3-6H,1-2H3;2-3H,1H3,(H2,12,13);;1H2/q;;;;+1;/p-1. The van der Waals surface area contributed by atoms with Crippen molar-refractivity contribution in [3.05, 3.63) is 173 Å². The molecule has 0 saturated carbocycles. The maximum Gasteiger partial charge on any atom is 1.00 e. The molecule has 6 heterocycles. The van der Waals surface area contributed by atoms with Gasteiger partial charge in [0, 0.05) is 65.0 Å². The number of anilines is 5. The minimum atomic E-state index is -4.71. The number of esters is 2. The Balaban J connectivity index is 0.000000280. The molecule has 0 amide bonds. The summed E-state index contributed by atoms with van der Waals surface area (Å²) in [6.45, 7) is 12.1. The molecule has 502 valence electrons. The number of halogens is 16. The van der Waals surface area contributed by atoms with E-state index in [1.54, 1.807) is 53.8 Å². The van der Waals surface area contributed by atoms with E-state index in [0.29, 0.717) is 100 Å². The molecule has 95 heavy (non-hydrogen) atoms. The third-order valence-electron chi connectivity index (χ3n) is 12.2. The molecular formula is C59H48BrCl6F9LiN9O7S3. The number of hydrogen-bond donors (Lipinski definition) is 4. The second-order valence-corrected chi connectivity index (χ2v) is 26.8. The van der Waals surface area contributed by atoms with E-state index in [0.717, 1.165) is 39.1 Å². The molecule has 0 aliphatic rings. The maximum absolute atomic E-state index is 13.0. The largest absolute Gasteiger partial charge is 1.00 e. The van der Waals surface area contributed by atoms with Crippen LogP contribution in [0.15, 0.2) is 95.3 Å². The van der Waals surface area contributed by atoms with Crippen molar-refractivity contribution in [1.29, 1.82) is 0 Å². The van der Waals surface area contributed by atoms with E-state index >= 15 is 0 Å². The van der Waals surface area contributed by atoms with E-state index in [9.17, 15) is 59.0 Å². The van der Waals surface area contributed by atoms with Crippen LogP contribution in [0.5, 0.6) is 0 Å². The zero-order valence-corrected chi connectivity index (χ0v) is 58.9. The topological polar surface area (TPSA) is 247 Å². The van der Waals surface area contributed by atoms with E-state index in [4.69, 9.17) is 75.3 Å². The van der Waals surface area contributed by atoms with Gasteiger partial charge < -0.3 is 36.4 Å². The Labute approximate surface area is 598 Å². The third-order valence-corrected chi connectivity index (χ3v) is 18.2. The number of nitrogens with one attached hydrogen (secondary N) is 2. The Morgan fingerprint density at radius 2 is 0.832 bits per heavy atom. The van der Waals surface area contributed by atoms with Crippen LogP contribution in [0.3, 0.4) is 0 Å². The minimum Gasteiger partial charge on any atom is -0.870 e. The minimum absolute atomic E-state index is 0. The van der Waals surface area contributed by atoms with Crippen LogP contribution in [-0.2, 0) is 28.0 Å². The number of aromatic carboxylic acids is 1. The van der Waals surface area contributed by atoms with Gasteiger partial charge >= 0.3 is 55.3 Å². The molecule has 0 spiro atoms. The normalized spacial score (nSPS) is 11.3. The maximum atomic E-state index is 13.0. The summed E-state index contributed by atoms with van der Waals surface area (Å²) in [5, 5.41) is 18.5.